The lowest BCUT2D eigenvalue weighted by atomic mass is 10.1. The van der Waals surface area contributed by atoms with E-state index in [9.17, 15) is 0 Å². The zero-order valence-electron chi connectivity index (χ0n) is 12.9. The summed E-state index contributed by atoms with van der Waals surface area (Å²) in [5, 5.41) is 3.55. The Morgan fingerprint density at radius 2 is 2.24 bits per heavy atom. The molecule has 0 radical (unpaired) electrons. The van der Waals surface area contributed by atoms with Crippen molar-refractivity contribution in [2.75, 3.05) is 18.1 Å². The van der Waals surface area contributed by atoms with Crippen LogP contribution in [0.4, 0.5) is 5.69 Å². The molecule has 2 fully saturated rings. The zero-order chi connectivity index (χ0) is 14.8. The van der Waals surface area contributed by atoms with Gasteiger partial charge in [-0.3, -0.25) is 0 Å². The van der Waals surface area contributed by atoms with E-state index < -0.39 is 0 Å². The van der Waals surface area contributed by atoms with Gasteiger partial charge in [0.25, 0.3) is 0 Å². The van der Waals surface area contributed by atoms with E-state index in [2.05, 4.69) is 58.2 Å². The van der Waals surface area contributed by atoms with Gasteiger partial charge in [-0.2, -0.15) is 0 Å². The Balaban J connectivity index is 1.86. The summed E-state index contributed by atoms with van der Waals surface area (Å²) in [7, 11) is 0. The molecule has 1 aliphatic carbocycles. The number of fused-ring (bicyclic) bond motifs is 1. The van der Waals surface area contributed by atoms with E-state index in [0.29, 0.717) is 18.2 Å². The minimum atomic E-state index is 0.434. The lowest BCUT2D eigenvalue weighted by Gasteiger charge is -2.40. The molecular formula is C17H25BrN2O. The second-order valence-corrected chi connectivity index (χ2v) is 7.33. The van der Waals surface area contributed by atoms with E-state index in [4.69, 9.17) is 4.74 Å². The molecule has 1 N–H and O–H groups in total. The molecule has 0 spiro atoms. The maximum Gasteiger partial charge on any atom is 0.0779 e. The molecule has 1 heterocycles. The molecule has 0 bridgehead atoms. The Bertz CT molecular complexity index is 492. The fourth-order valence-corrected chi connectivity index (χ4v) is 3.84. The number of morpholine rings is 1. The van der Waals surface area contributed by atoms with Gasteiger partial charge in [-0.25, -0.2) is 0 Å². The Morgan fingerprint density at radius 1 is 1.38 bits per heavy atom. The molecule has 1 aromatic carbocycles. The molecule has 0 amide bonds. The Kier molecular flexibility index (Phi) is 4.87. The average molecular weight is 353 g/mol. The molecule has 116 valence electrons. The monoisotopic (exact) mass is 352 g/mol. The Labute approximate surface area is 136 Å². The molecule has 3 rings (SSSR count). The normalized spacial score (nSPS) is 25.4. The number of rotatable bonds is 4. The van der Waals surface area contributed by atoms with Crippen molar-refractivity contribution in [2.24, 2.45) is 0 Å². The van der Waals surface area contributed by atoms with Crippen LogP contribution >= 0.6 is 15.9 Å². The van der Waals surface area contributed by atoms with Crippen LogP contribution in [-0.4, -0.2) is 31.3 Å². The number of benzene rings is 1. The number of nitrogens with one attached hydrogen (secondary N) is 1. The van der Waals surface area contributed by atoms with Crippen molar-refractivity contribution < 1.29 is 4.74 Å². The van der Waals surface area contributed by atoms with Crippen LogP contribution in [0.5, 0.6) is 0 Å². The van der Waals surface area contributed by atoms with Crippen LogP contribution in [0, 0.1) is 0 Å². The van der Waals surface area contributed by atoms with Crippen molar-refractivity contribution in [3.8, 4) is 0 Å². The molecule has 1 saturated carbocycles. The second-order valence-electron chi connectivity index (χ2n) is 6.41. The summed E-state index contributed by atoms with van der Waals surface area (Å²) in [6, 6.07) is 7.73. The molecule has 21 heavy (non-hydrogen) atoms. The third kappa shape index (κ3) is 3.43. The van der Waals surface area contributed by atoms with Crippen LogP contribution < -0.4 is 10.2 Å². The Hall–Kier alpha value is -0.580. The lowest BCUT2D eigenvalue weighted by molar-refractivity contribution is 0.0255. The standard InChI is InChI=1S/C17H25BrN2O/c1-12(2)19-11-13-6-7-14(18)10-16(13)20-8-9-21-17-5-3-4-15(17)20/h6-7,10,12,15,17,19H,3-5,8-9,11H2,1-2H3. The maximum atomic E-state index is 5.95. The van der Waals surface area contributed by atoms with Gasteiger partial charge in [0, 0.05) is 29.3 Å². The van der Waals surface area contributed by atoms with Gasteiger partial charge >= 0.3 is 0 Å². The van der Waals surface area contributed by atoms with Gasteiger partial charge in [0.1, 0.15) is 0 Å². The topological polar surface area (TPSA) is 24.5 Å². The van der Waals surface area contributed by atoms with E-state index in [1.807, 2.05) is 0 Å². The van der Waals surface area contributed by atoms with Gasteiger partial charge in [0.2, 0.25) is 0 Å². The summed E-state index contributed by atoms with van der Waals surface area (Å²) < 4.78 is 7.11. The largest absolute Gasteiger partial charge is 0.374 e. The first-order chi connectivity index (χ1) is 10.1. The molecule has 0 aromatic heterocycles. The molecule has 2 aliphatic rings. The molecule has 4 heteroatoms. The van der Waals surface area contributed by atoms with Crippen molar-refractivity contribution in [2.45, 2.75) is 57.8 Å². The molecule has 1 aromatic rings. The Morgan fingerprint density at radius 3 is 3.05 bits per heavy atom. The SMILES string of the molecule is CC(C)NCc1ccc(Br)cc1N1CCOC2CCCC21. The van der Waals surface area contributed by atoms with Crippen LogP contribution in [0.25, 0.3) is 0 Å². The van der Waals surface area contributed by atoms with Crippen molar-refractivity contribution >= 4 is 21.6 Å². The number of nitrogens with zero attached hydrogens (tertiary/aromatic N) is 1. The van der Waals surface area contributed by atoms with Crippen LogP contribution in [-0.2, 0) is 11.3 Å². The van der Waals surface area contributed by atoms with Crippen molar-refractivity contribution in [3.63, 3.8) is 0 Å². The number of hydrogen-bond donors (Lipinski definition) is 1. The molecule has 2 atom stereocenters. The smallest absolute Gasteiger partial charge is 0.0779 e. The molecule has 1 aliphatic heterocycles. The molecule has 2 unspecified atom stereocenters. The second kappa shape index (κ2) is 6.67. The number of anilines is 1. The summed E-state index contributed by atoms with van der Waals surface area (Å²) in [5.74, 6) is 0. The van der Waals surface area contributed by atoms with E-state index in [0.717, 1.165) is 24.2 Å². The highest BCUT2D eigenvalue weighted by Crippen LogP contribution is 2.35. The molecule has 3 nitrogen and oxygen atoms in total. The minimum Gasteiger partial charge on any atom is -0.374 e. The number of halogens is 1. The van der Waals surface area contributed by atoms with Crippen LogP contribution in [0.2, 0.25) is 0 Å². The fourth-order valence-electron chi connectivity index (χ4n) is 3.49. The maximum absolute atomic E-state index is 5.95. The zero-order valence-corrected chi connectivity index (χ0v) is 14.5. The van der Waals surface area contributed by atoms with Crippen molar-refractivity contribution in [3.05, 3.63) is 28.2 Å². The average Bonchev–Trinajstić information content (AvgIpc) is 2.94. The van der Waals surface area contributed by atoms with Gasteiger partial charge in [0.15, 0.2) is 0 Å². The van der Waals surface area contributed by atoms with Crippen LogP contribution in [0.3, 0.4) is 0 Å². The van der Waals surface area contributed by atoms with Gasteiger partial charge in [-0.05, 0) is 37.0 Å². The number of ether oxygens (including phenoxy) is 1. The van der Waals surface area contributed by atoms with Gasteiger partial charge in [-0.1, -0.05) is 35.8 Å². The quantitative estimate of drug-likeness (QED) is 0.893. The minimum absolute atomic E-state index is 0.434. The first-order valence-corrected chi connectivity index (χ1v) is 8.84. The molecule has 1 saturated heterocycles. The van der Waals surface area contributed by atoms with Crippen molar-refractivity contribution in [1.82, 2.24) is 5.32 Å². The van der Waals surface area contributed by atoms with E-state index >= 15 is 0 Å². The van der Waals surface area contributed by atoms with Gasteiger partial charge in [-0.15, -0.1) is 0 Å². The highest BCUT2D eigenvalue weighted by molar-refractivity contribution is 9.10. The first-order valence-electron chi connectivity index (χ1n) is 8.05. The summed E-state index contributed by atoms with van der Waals surface area (Å²) >= 11 is 3.64. The number of hydrogen-bond acceptors (Lipinski definition) is 3. The van der Waals surface area contributed by atoms with Gasteiger partial charge < -0.3 is 15.0 Å². The first kappa shape index (κ1) is 15.3. The van der Waals surface area contributed by atoms with E-state index in [1.54, 1.807) is 0 Å². The highest BCUT2D eigenvalue weighted by Gasteiger charge is 2.36. The van der Waals surface area contributed by atoms with E-state index in [-0.39, 0.29) is 0 Å². The predicted molar refractivity (Wildman–Crippen MR) is 90.8 cm³/mol. The molecular weight excluding hydrogens is 328 g/mol. The predicted octanol–water partition coefficient (Wildman–Crippen LogP) is 3.70. The summed E-state index contributed by atoms with van der Waals surface area (Å²) in [6.07, 6.45) is 4.20. The summed E-state index contributed by atoms with van der Waals surface area (Å²) in [5.41, 5.74) is 2.76. The fraction of sp³-hybridized carbons (Fsp3) is 0.647. The summed E-state index contributed by atoms with van der Waals surface area (Å²) in [4.78, 5) is 2.59. The van der Waals surface area contributed by atoms with Gasteiger partial charge in [0.05, 0.1) is 18.8 Å². The summed E-state index contributed by atoms with van der Waals surface area (Å²) in [6.45, 7) is 7.17. The van der Waals surface area contributed by atoms with E-state index in [1.165, 1.54) is 30.5 Å². The van der Waals surface area contributed by atoms with Crippen LogP contribution in [0.1, 0.15) is 38.7 Å². The third-order valence-electron chi connectivity index (χ3n) is 4.54. The lowest BCUT2D eigenvalue weighted by Crippen LogP contribution is -2.49. The highest BCUT2D eigenvalue weighted by atomic mass is 79.9. The van der Waals surface area contributed by atoms with Crippen molar-refractivity contribution in [1.29, 1.82) is 0 Å². The third-order valence-corrected chi connectivity index (χ3v) is 5.03. The van der Waals surface area contributed by atoms with Crippen LogP contribution in [0.15, 0.2) is 22.7 Å².